The van der Waals surface area contributed by atoms with Crippen LogP contribution in [0.1, 0.15) is 37.3 Å². The molecule has 1 fully saturated rings. The van der Waals surface area contributed by atoms with Crippen LogP contribution in [-0.4, -0.2) is 10.9 Å². The quantitative estimate of drug-likeness (QED) is 0.693. The SMILES string of the molecule is CC12CCC(=O)CC1=CCc1cc(O)ccc12. The summed E-state index contributed by atoms with van der Waals surface area (Å²) in [5.74, 6) is 0.687. The molecule has 0 aliphatic heterocycles. The maximum atomic E-state index is 11.5. The molecule has 2 aliphatic carbocycles. The zero-order valence-electron chi connectivity index (χ0n) is 9.99. The standard InChI is InChI=1S/C15H16O2/c1-15-7-6-13(17)9-11(15)3-2-10-8-12(16)4-5-14(10)15/h3-5,8,16H,2,6-7,9H2,1H3. The van der Waals surface area contributed by atoms with Crippen LogP contribution in [0, 0.1) is 0 Å². The predicted molar refractivity (Wildman–Crippen MR) is 66.1 cm³/mol. The van der Waals surface area contributed by atoms with E-state index in [1.54, 1.807) is 6.07 Å². The highest BCUT2D eigenvalue weighted by atomic mass is 16.3. The van der Waals surface area contributed by atoms with Gasteiger partial charge in [-0.15, -0.1) is 0 Å². The van der Waals surface area contributed by atoms with Gasteiger partial charge < -0.3 is 5.11 Å². The van der Waals surface area contributed by atoms with E-state index in [2.05, 4.69) is 13.0 Å². The molecule has 0 heterocycles. The summed E-state index contributed by atoms with van der Waals surface area (Å²) in [6.07, 6.45) is 5.20. The molecule has 1 atom stereocenters. The second-order valence-corrected chi connectivity index (χ2v) is 5.32. The van der Waals surface area contributed by atoms with Crippen molar-refractivity contribution in [1.29, 1.82) is 0 Å². The number of hydrogen-bond donors (Lipinski definition) is 1. The summed E-state index contributed by atoms with van der Waals surface area (Å²) in [5.41, 5.74) is 3.77. The number of carbonyl (C=O) groups excluding carboxylic acids is 1. The van der Waals surface area contributed by atoms with Gasteiger partial charge in [0, 0.05) is 18.3 Å². The van der Waals surface area contributed by atoms with Gasteiger partial charge in [0.2, 0.25) is 0 Å². The fraction of sp³-hybridized carbons (Fsp3) is 0.400. The zero-order chi connectivity index (χ0) is 12.0. The van der Waals surface area contributed by atoms with Gasteiger partial charge in [0.05, 0.1) is 0 Å². The van der Waals surface area contributed by atoms with Crippen molar-refractivity contribution < 1.29 is 9.90 Å². The minimum absolute atomic E-state index is 0.00912. The molecule has 2 nitrogen and oxygen atoms in total. The van der Waals surface area contributed by atoms with Crippen LogP contribution in [0.25, 0.3) is 0 Å². The molecule has 2 heteroatoms. The second kappa shape index (κ2) is 3.46. The van der Waals surface area contributed by atoms with E-state index in [1.165, 1.54) is 16.7 Å². The number of aromatic hydroxyl groups is 1. The number of allylic oxidation sites excluding steroid dienone is 2. The second-order valence-electron chi connectivity index (χ2n) is 5.32. The number of ketones is 1. The lowest BCUT2D eigenvalue weighted by atomic mass is 9.63. The highest BCUT2D eigenvalue weighted by molar-refractivity contribution is 5.83. The van der Waals surface area contributed by atoms with Crippen molar-refractivity contribution in [1.82, 2.24) is 0 Å². The van der Waals surface area contributed by atoms with Crippen molar-refractivity contribution in [3.05, 3.63) is 41.0 Å². The molecule has 88 valence electrons. The molecule has 1 aromatic carbocycles. The molecule has 1 unspecified atom stereocenters. The Bertz CT molecular complexity index is 528. The lowest BCUT2D eigenvalue weighted by Crippen LogP contribution is -2.34. The molecule has 0 aromatic heterocycles. The van der Waals surface area contributed by atoms with E-state index in [9.17, 15) is 9.90 Å². The summed E-state index contributed by atoms with van der Waals surface area (Å²) >= 11 is 0. The van der Waals surface area contributed by atoms with Crippen molar-refractivity contribution in [2.24, 2.45) is 0 Å². The smallest absolute Gasteiger partial charge is 0.137 e. The number of hydrogen-bond acceptors (Lipinski definition) is 2. The van der Waals surface area contributed by atoms with E-state index >= 15 is 0 Å². The number of benzene rings is 1. The predicted octanol–water partition coefficient (Wildman–Crippen LogP) is 2.89. The minimum atomic E-state index is 0.00912. The van der Waals surface area contributed by atoms with Crippen molar-refractivity contribution in [2.45, 2.75) is 38.0 Å². The van der Waals surface area contributed by atoms with Crippen LogP contribution in [-0.2, 0) is 16.6 Å². The van der Waals surface area contributed by atoms with Crippen molar-refractivity contribution in [3.63, 3.8) is 0 Å². The summed E-state index contributed by atoms with van der Waals surface area (Å²) in [5, 5.41) is 9.54. The first-order chi connectivity index (χ1) is 8.09. The van der Waals surface area contributed by atoms with Gasteiger partial charge in [0.15, 0.2) is 0 Å². The summed E-state index contributed by atoms with van der Waals surface area (Å²) in [6, 6.07) is 5.63. The molecular weight excluding hydrogens is 212 g/mol. The van der Waals surface area contributed by atoms with Gasteiger partial charge in [-0.05, 0) is 36.1 Å². The summed E-state index contributed by atoms with van der Waals surface area (Å²) in [4.78, 5) is 11.5. The third-order valence-electron chi connectivity index (χ3n) is 4.25. The highest BCUT2D eigenvalue weighted by Crippen LogP contribution is 2.46. The van der Waals surface area contributed by atoms with E-state index in [-0.39, 0.29) is 5.41 Å². The number of fused-ring (bicyclic) bond motifs is 3. The number of phenols is 1. The van der Waals surface area contributed by atoms with Gasteiger partial charge in [0.25, 0.3) is 0 Å². The van der Waals surface area contributed by atoms with Crippen LogP contribution in [0.2, 0.25) is 0 Å². The van der Waals surface area contributed by atoms with E-state index in [4.69, 9.17) is 0 Å². The summed E-state index contributed by atoms with van der Waals surface area (Å²) in [6.45, 7) is 2.22. The Morgan fingerprint density at radius 1 is 1.35 bits per heavy atom. The summed E-state index contributed by atoms with van der Waals surface area (Å²) < 4.78 is 0. The Hall–Kier alpha value is -1.57. The van der Waals surface area contributed by atoms with E-state index < -0.39 is 0 Å². The lowest BCUT2D eigenvalue weighted by Gasteiger charge is -2.40. The van der Waals surface area contributed by atoms with Crippen molar-refractivity contribution in [3.8, 4) is 5.75 Å². The molecule has 0 spiro atoms. The van der Waals surface area contributed by atoms with Gasteiger partial charge in [0.1, 0.15) is 11.5 Å². The Labute approximate surface area is 101 Å². The molecule has 0 radical (unpaired) electrons. The third-order valence-corrected chi connectivity index (χ3v) is 4.25. The van der Waals surface area contributed by atoms with Gasteiger partial charge in [-0.2, -0.15) is 0 Å². The minimum Gasteiger partial charge on any atom is -0.508 e. The van der Waals surface area contributed by atoms with E-state index in [0.29, 0.717) is 24.4 Å². The molecular formula is C15H16O2. The molecule has 0 amide bonds. The normalized spacial score (nSPS) is 27.1. The number of rotatable bonds is 0. The Morgan fingerprint density at radius 2 is 2.18 bits per heavy atom. The molecule has 17 heavy (non-hydrogen) atoms. The third kappa shape index (κ3) is 1.51. The zero-order valence-corrected chi connectivity index (χ0v) is 9.99. The molecule has 1 aromatic rings. The van der Waals surface area contributed by atoms with Crippen molar-refractivity contribution in [2.75, 3.05) is 0 Å². The molecule has 3 rings (SSSR count). The van der Waals surface area contributed by atoms with Crippen LogP contribution in [0.15, 0.2) is 29.8 Å². The van der Waals surface area contributed by atoms with E-state index in [0.717, 1.165) is 12.8 Å². The van der Waals surface area contributed by atoms with Gasteiger partial charge in [-0.1, -0.05) is 24.6 Å². The average Bonchev–Trinajstić information content (AvgIpc) is 2.30. The molecule has 1 saturated carbocycles. The van der Waals surface area contributed by atoms with Crippen LogP contribution < -0.4 is 0 Å². The fourth-order valence-corrected chi connectivity index (χ4v) is 3.17. The number of Topliss-reactive ketones (excluding diaryl/α,β-unsaturated/α-hetero) is 1. The van der Waals surface area contributed by atoms with Gasteiger partial charge >= 0.3 is 0 Å². The monoisotopic (exact) mass is 228 g/mol. The van der Waals surface area contributed by atoms with Crippen molar-refractivity contribution >= 4 is 5.78 Å². The largest absolute Gasteiger partial charge is 0.508 e. The first kappa shape index (κ1) is 10.6. The first-order valence-electron chi connectivity index (χ1n) is 6.13. The van der Waals surface area contributed by atoms with E-state index in [1.807, 2.05) is 12.1 Å². The van der Waals surface area contributed by atoms with Crippen LogP contribution >= 0.6 is 0 Å². The lowest BCUT2D eigenvalue weighted by molar-refractivity contribution is -0.119. The number of carbonyl (C=O) groups is 1. The molecule has 0 saturated heterocycles. The Kier molecular flexibility index (Phi) is 2.15. The Balaban J connectivity index is 2.12. The molecule has 2 aliphatic rings. The maximum absolute atomic E-state index is 11.5. The van der Waals surface area contributed by atoms with Crippen LogP contribution in [0.4, 0.5) is 0 Å². The van der Waals surface area contributed by atoms with Crippen LogP contribution in [0.3, 0.4) is 0 Å². The Morgan fingerprint density at radius 3 is 3.00 bits per heavy atom. The highest BCUT2D eigenvalue weighted by Gasteiger charge is 2.39. The molecule has 0 bridgehead atoms. The fourth-order valence-electron chi connectivity index (χ4n) is 3.17. The first-order valence-corrected chi connectivity index (χ1v) is 6.13. The maximum Gasteiger partial charge on any atom is 0.137 e. The summed E-state index contributed by atoms with van der Waals surface area (Å²) in [7, 11) is 0. The van der Waals surface area contributed by atoms with Gasteiger partial charge in [-0.3, -0.25) is 4.79 Å². The average molecular weight is 228 g/mol. The van der Waals surface area contributed by atoms with Gasteiger partial charge in [-0.25, -0.2) is 0 Å². The molecule has 1 N–H and O–H groups in total. The topological polar surface area (TPSA) is 37.3 Å². The number of phenolic OH excluding ortho intramolecular Hbond substituents is 1. The van der Waals surface area contributed by atoms with Crippen LogP contribution in [0.5, 0.6) is 5.75 Å².